The molecule has 1 aromatic heterocycles. The van der Waals surface area contributed by atoms with E-state index in [0.717, 1.165) is 0 Å². The lowest BCUT2D eigenvalue weighted by Crippen LogP contribution is -2.29. The number of amides is 1. The first-order valence-corrected chi connectivity index (χ1v) is 5.18. The molecule has 1 heterocycles. The summed E-state index contributed by atoms with van der Waals surface area (Å²) in [6.45, 7) is 0.784. The number of rotatable bonds is 5. The number of carboxylic acids is 1. The number of carbonyl (C=O) groups excluding carboxylic acids is 1. The quantitative estimate of drug-likeness (QED) is 0.741. The molecule has 1 aliphatic carbocycles. The van der Waals surface area contributed by atoms with Gasteiger partial charge in [-0.25, -0.2) is 4.79 Å². The fraction of sp³-hybridized carbons (Fsp3) is 0.500. The van der Waals surface area contributed by atoms with Crippen molar-refractivity contribution in [3.05, 3.63) is 18.0 Å². The van der Waals surface area contributed by atoms with E-state index in [-0.39, 0.29) is 18.1 Å². The van der Waals surface area contributed by atoms with Crippen molar-refractivity contribution in [3.63, 3.8) is 0 Å². The van der Waals surface area contributed by atoms with Gasteiger partial charge in [-0.3, -0.25) is 9.48 Å². The molecule has 0 atom stereocenters. The maximum Gasteiger partial charge on any atom is 0.356 e. The van der Waals surface area contributed by atoms with Crippen molar-refractivity contribution in [3.8, 4) is 0 Å². The lowest BCUT2D eigenvalue weighted by molar-refractivity contribution is -0.121. The second-order valence-electron chi connectivity index (χ2n) is 3.95. The van der Waals surface area contributed by atoms with Gasteiger partial charge >= 0.3 is 5.97 Å². The third-order valence-corrected chi connectivity index (χ3v) is 2.45. The Bertz CT molecular complexity index is 409. The maximum absolute atomic E-state index is 11.4. The zero-order valence-electron chi connectivity index (χ0n) is 8.72. The number of nitrogens with one attached hydrogen (secondary N) is 1. The van der Waals surface area contributed by atoms with Crippen molar-refractivity contribution in [1.29, 1.82) is 0 Å². The summed E-state index contributed by atoms with van der Waals surface area (Å²) in [5.41, 5.74) is -0.0463. The summed E-state index contributed by atoms with van der Waals surface area (Å²) in [6, 6.07) is 1.37. The molecule has 2 N–H and O–H groups in total. The van der Waals surface area contributed by atoms with Crippen LogP contribution in [0.3, 0.4) is 0 Å². The Morgan fingerprint density at radius 3 is 2.88 bits per heavy atom. The van der Waals surface area contributed by atoms with E-state index in [0.29, 0.717) is 12.5 Å². The number of aromatic carboxylic acids is 1. The summed E-state index contributed by atoms with van der Waals surface area (Å²) >= 11 is 0. The summed E-state index contributed by atoms with van der Waals surface area (Å²) in [4.78, 5) is 22.0. The molecule has 1 fully saturated rings. The second-order valence-corrected chi connectivity index (χ2v) is 3.95. The minimum Gasteiger partial charge on any atom is -0.476 e. The Morgan fingerprint density at radius 2 is 2.31 bits per heavy atom. The van der Waals surface area contributed by atoms with Crippen molar-refractivity contribution >= 4 is 11.9 Å². The third-order valence-electron chi connectivity index (χ3n) is 2.45. The molecule has 0 aliphatic heterocycles. The number of nitrogens with zero attached hydrogens (tertiary/aromatic N) is 2. The number of carbonyl (C=O) groups is 2. The molecule has 0 radical (unpaired) electrons. The highest BCUT2D eigenvalue weighted by atomic mass is 16.4. The van der Waals surface area contributed by atoms with Crippen LogP contribution in [0.2, 0.25) is 0 Å². The minimum absolute atomic E-state index is 0.0463. The van der Waals surface area contributed by atoms with Crippen molar-refractivity contribution in [2.75, 3.05) is 6.54 Å². The fourth-order valence-electron chi connectivity index (χ4n) is 1.35. The number of hydrogen-bond acceptors (Lipinski definition) is 3. The third kappa shape index (κ3) is 2.82. The van der Waals surface area contributed by atoms with Gasteiger partial charge in [0.2, 0.25) is 5.91 Å². The first-order valence-electron chi connectivity index (χ1n) is 5.18. The van der Waals surface area contributed by atoms with E-state index in [1.165, 1.54) is 29.8 Å². The fourth-order valence-corrected chi connectivity index (χ4v) is 1.35. The van der Waals surface area contributed by atoms with E-state index >= 15 is 0 Å². The van der Waals surface area contributed by atoms with Crippen LogP contribution in [-0.4, -0.2) is 33.3 Å². The summed E-state index contributed by atoms with van der Waals surface area (Å²) in [7, 11) is 0. The summed E-state index contributed by atoms with van der Waals surface area (Å²) < 4.78 is 1.33. The van der Waals surface area contributed by atoms with E-state index < -0.39 is 5.97 Å². The van der Waals surface area contributed by atoms with Crippen molar-refractivity contribution in [2.45, 2.75) is 19.4 Å². The van der Waals surface area contributed by atoms with Gasteiger partial charge in [-0.15, -0.1) is 0 Å². The van der Waals surface area contributed by atoms with Gasteiger partial charge in [0.05, 0.1) is 0 Å². The van der Waals surface area contributed by atoms with E-state index in [2.05, 4.69) is 10.4 Å². The predicted molar refractivity (Wildman–Crippen MR) is 54.9 cm³/mol. The highest BCUT2D eigenvalue weighted by Crippen LogP contribution is 2.27. The van der Waals surface area contributed by atoms with E-state index in [1.807, 2.05) is 0 Å². The number of aromatic nitrogens is 2. The van der Waals surface area contributed by atoms with E-state index in [1.54, 1.807) is 0 Å². The molecule has 2 rings (SSSR count). The smallest absolute Gasteiger partial charge is 0.356 e. The predicted octanol–water partition coefficient (Wildman–Crippen LogP) is 0.107. The zero-order chi connectivity index (χ0) is 11.5. The van der Waals surface area contributed by atoms with Gasteiger partial charge in [0.25, 0.3) is 0 Å². The van der Waals surface area contributed by atoms with Crippen LogP contribution in [0, 0.1) is 5.92 Å². The van der Waals surface area contributed by atoms with Crippen LogP contribution < -0.4 is 5.32 Å². The Balaban J connectivity index is 1.82. The number of carboxylic acid groups (broad SMARTS) is 1. The molecule has 0 spiro atoms. The van der Waals surface area contributed by atoms with Crippen LogP contribution in [0.1, 0.15) is 23.3 Å². The van der Waals surface area contributed by atoms with Gasteiger partial charge in [0, 0.05) is 12.7 Å². The highest BCUT2D eigenvalue weighted by Gasteiger charge is 2.21. The first kappa shape index (κ1) is 10.7. The zero-order valence-corrected chi connectivity index (χ0v) is 8.72. The molecule has 1 aliphatic rings. The Labute approximate surface area is 92.3 Å². The summed E-state index contributed by atoms with van der Waals surface area (Å²) in [6.07, 6.45) is 3.86. The van der Waals surface area contributed by atoms with Gasteiger partial charge in [0.1, 0.15) is 6.54 Å². The average molecular weight is 223 g/mol. The lowest BCUT2D eigenvalue weighted by atomic mass is 10.4. The normalized spacial score (nSPS) is 14.8. The van der Waals surface area contributed by atoms with Gasteiger partial charge < -0.3 is 10.4 Å². The maximum atomic E-state index is 11.4. The van der Waals surface area contributed by atoms with Crippen molar-refractivity contribution in [1.82, 2.24) is 15.1 Å². The second kappa shape index (κ2) is 4.34. The molecule has 0 aromatic carbocycles. The molecular weight excluding hydrogens is 210 g/mol. The molecule has 1 saturated carbocycles. The minimum atomic E-state index is -1.09. The first-order chi connectivity index (χ1) is 7.65. The SMILES string of the molecule is O=C(Cn1ccc(C(=O)O)n1)NCC1CC1. The van der Waals surface area contributed by atoms with Crippen molar-refractivity contribution < 1.29 is 14.7 Å². The van der Waals surface area contributed by atoms with Gasteiger partial charge in [-0.2, -0.15) is 5.10 Å². The lowest BCUT2D eigenvalue weighted by Gasteiger charge is -2.03. The molecule has 0 saturated heterocycles. The van der Waals surface area contributed by atoms with Crippen LogP contribution in [0.25, 0.3) is 0 Å². The molecular formula is C10H13N3O3. The summed E-state index contributed by atoms with van der Waals surface area (Å²) in [5.74, 6) is -0.583. The monoisotopic (exact) mass is 223 g/mol. The van der Waals surface area contributed by atoms with Crippen LogP contribution in [-0.2, 0) is 11.3 Å². The Morgan fingerprint density at radius 1 is 1.56 bits per heavy atom. The molecule has 0 unspecified atom stereocenters. The van der Waals surface area contributed by atoms with Crippen LogP contribution in [0.4, 0.5) is 0 Å². The van der Waals surface area contributed by atoms with Gasteiger partial charge in [-0.05, 0) is 24.8 Å². The van der Waals surface area contributed by atoms with Crippen LogP contribution in [0.15, 0.2) is 12.3 Å². The van der Waals surface area contributed by atoms with Crippen LogP contribution >= 0.6 is 0 Å². The van der Waals surface area contributed by atoms with E-state index in [9.17, 15) is 9.59 Å². The molecule has 6 nitrogen and oxygen atoms in total. The molecule has 1 amide bonds. The van der Waals surface area contributed by atoms with Crippen molar-refractivity contribution in [2.24, 2.45) is 5.92 Å². The Hall–Kier alpha value is -1.85. The van der Waals surface area contributed by atoms with Gasteiger partial charge in [-0.1, -0.05) is 0 Å². The largest absolute Gasteiger partial charge is 0.476 e. The Kier molecular flexibility index (Phi) is 2.89. The molecule has 16 heavy (non-hydrogen) atoms. The van der Waals surface area contributed by atoms with Gasteiger partial charge in [0.15, 0.2) is 5.69 Å². The molecule has 86 valence electrons. The molecule has 0 bridgehead atoms. The van der Waals surface area contributed by atoms with Crippen LogP contribution in [0.5, 0.6) is 0 Å². The standard InChI is InChI=1S/C10H13N3O3/c14-9(11-5-7-1-2-7)6-13-4-3-8(12-13)10(15)16/h3-4,7H,1-2,5-6H2,(H,11,14)(H,15,16). The highest BCUT2D eigenvalue weighted by molar-refractivity contribution is 5.85. The summed E-state index contributed by atoms with van der Waals surface area (Å²) in [5, 5.41) is 15.2. The number of hydrogen-bond donors (Lipinski definition) is 2. The molecule has 6 heteroatoms. The molecule has 1 aromatic rings. The van der Waals surface area contributed by atoms with E-state index in [4.69, 9.17) is 5.11 Å². The topological polar surface area (TPSA) is 84.2 Å². The average Bonchev–Trinajstić information content (AvgIpc) is 2.95.